The first-order valence-electron chi connectivity index (χ1n) is 14.5. The minimum absolute atomic E-state index is 0.0785. The number of piperidine rings is 1. The van der Waals surface area contributed by atoms with Crippen molar-refractivity contribution in [2.45, 2.75) is 43.9 Å². The topological polar surface area (TPSA) is 93.1 Å². The predicted molar refractivity (Wildman–Crippen MR) is 158 cm³/mol. The number of likely N-dealkylation sites (tertiary alicyclic amines) is 1. The van der Waals surface area contributed by atoms with Gasteiger partial charge < -0.3 is 24.4 Å². The number of alkyl halides is 7. The van der Waals surface area contributed by atoms with Gasteiger partial charge in [0.2, 0.25) is 0 Å². The molecule has 47 heavy (non-hydrogen) atoms. The van der Waals surface area contributed by atoms with Gasteiger partial charge in [0, 0.05) is 23.6 Å². The van der Waals surface area contributed by atoms with Crippen LogP contribution < -0.4 is 10.1 Å². The summed E-state index contributed by atoms with van der Waals surface area (Å²) in [5, 5.41) is 3.27. The third-order valence-electron chi connectivity index (χ3n) is 7.99. The summed E-state index contributed by atoms with van der Waals surface area (Å²) >= 11 is 6.06. The lowest BCUT2D eigenvalue weighted by molar-refractivity contribution is -0.274. The van der Waals surface area contributed by atoms with Crippen LogP contribution in [0.4, 0.5) is 26.3 Å². The summed E-state index contributed by atoms with van der Waals surface area (Å²) in [6.07, 6.45) is -9.30. The van der Waals surface area contributed by atoms with Crippen molar-refractivity contribution in [2.24, 2.45) is 0 Å². The van der Waals surface area contributed by atoms with Crippen LogP contribution in [0.15, 0.2) is 54.6 Å². The molecular formula is C31H29ClF6N4O5. The highest BCUT2D eigenvalue weighted by Crippen LogP contribution is 2.41. The summed E-state index contributed by atoms with van der Waals surface area (Å²) in [6.45, 7) is 1.15. The number of amides is 2. The molecule has 1 unspecified atom stereocenters. The standard InChI is InChI=1S/C31H29ClF6N4O5/c1-40-13-10-21(11-14-40)42(47-29(45)30(33,34)35)28(44)19-7-5-18(6-8-19)26-24(20-3-2-4-23(15-20)46-31(36,37)38)16-25-27(43)39-17-22(9-12-32)41(25)26/h2-8,15-16,21-22H,9-14,17H2,1H3,(H,39,43). The lowest BCUT2D eigenvalue weighted by Gasteiger charge is -2.35. The first kappa shape index (κ1) is 34.1. The molecule has 1 N–H and O–H groups in total. The molecule has 5 rings (SSSR count). The Hall–Kier alpha value is -4.24. The first-order chi connectivity index (χ1) is 22.2. The van der Waals surface area contributed by atoms with Crippen LogP contribution in [0.5, 0.6) is 5.75 Å². The average molecular weight is 687 g/mol. The van der Waals surface area contributed by atoms with Gasteiger partial charge in [-0.3, -0.25) is 9.59 Å². The van der Waals surface area contributed by atoms with E-state index in [0.29, 0.717) is 47.0 Å². The van der Waals surface area contributed by atoms with Crippen LogP contribution in [-0.2, 0) is 9.63 Å². The van der Waals surface area contributed by atoms with E-state index < -0.39 is 42.1 Å². The third-order valence-corrected chi connectivity index (χ3v) is 8.21. The highest BCUT2D eigenvalue weighted by atomic mass is 35.5. The van der Waals surface area contributed by atoms with Gasteiger partial charge in [0.25, 0.3) is 11.8 Å². The van der Waals surface area contributed by atoms with Crippen LogP contribution in [0.1, 0.15) is 46.2 Å². The van der Waals surface area contributed by atoms with Crippen molar-refractivity contribution >= 4 is 29.4 Å². The third kappa shape index (κ3) is 7.67. The van der Waals surface area contributed by atoms with Gasteiger partial charge in [-0.05, 0) is 80.9 Å². The molecule has 3 heterocycles. The number of benzene rings is 2. The molecular weight excluding hydrogens is 658 g/mol. The lowest BCUT2D eigenvalue weighted by atomic mass is 9.99. The number of aromatic nitrogens is 1. The number of nitrogens with zero attached hydrogens (tertiary/aromatic N) is 3. The summed E-state index contributed by atoms with van der Waals surface area (Å²) in [5.41, 5.74) is 1.71. The number of halogens is 7. The molecule has 2 amide bonds. The number of carbonyl (C=O) groups excluding carboxylic acids is 3. The van der Waals surface area contributed by atoms with E-state index in [1.54, 1.807) is 10.6 Å². The van der Waals surface area contributed by atoms with Crippen molar-refractivity contribution in [3.05, 3.63) is 65.9 Å². The Morgan fingerprint density at radius 1 is 1.00 bits per heavy atom. The van der Waals surface area contributed by atoms with Crippen LogP contribution in [-0.4, -0.2) is 83.5 Å². The monoisotopic (exact) mass is 686 g/mol. The second-order valence-electron chi connectivity index (χ2n) is 11.2. The summed E-state index contributed by atoms with van der Waals surface area (Å²) < 4.78 is 84.3. The Morgan fingerprint density at radius 2 is 1.68 bits per heavy atom. The van der Waals surface area contributed by atoms with Gasteiger partial charge in [0.05, 0.1) is 17.8 Å². The molecule has 2 aliphatic rings. The van der Waals surface area contributed by atoms with Gasteiger partial charge in [-0.15, -0.1) is 24.8 Å². The molecule has 0 saturated carbocycles. The molecule has 0 bridgehead atoms. The number of carbonyl (C=O) groups is 3. The Kier molecular flexibility index (Phi) is 9.78. The zero-order chi connectivity index (χ0) is 34.1. The fraction of sp³-hybridized carbons (Fsp3) is 0.387. The maximum Gasteiger partial charge on any atom is 0.573 e. The molecule has 3 aromatic rings. The van der Waals surface area contributed by atoms with E-state index >= 15 is 0 Å². The zero-order valence-corrected chi connectivity index (χ0v) is 25.6. The number of hydrogen-bond donors (Lipinski definition) is 1. The maximum atomic E-state index is 13.5. The van der Waals surface area contributed by atoms with Gasteiger partial charge in [0.1, 0.15) is 11.4 Å². The normalized spacial score (nSPS) is 17.5. The van der Waals surface area contributed by atoms with E-state index in [0.717, 1.165) is 6.07 Å². The van der Waals surface area contributed by atoms with Crippen LogP contribution in [0.25, 0.3) is 22.4 Å². The number of rotatable bonds is 7. The number of nitrogens with one attached hydrogen (secondary N) is 1. The van der Waals surface area contributed by atoms with Crippen LogP contribution in [0, 0.1) is 0 Å². The molecule has 2 aliphatic heterocycles. The van der Waals surface area contributed by atoms with Gasteiger partial charge in [-0.1, -0.05) is 24.3 Å². The van der Waals surface area contributed by atoms with Gasteiger partial charge in [-0.25, -0.2) is 4.79 Å². The summed E-state index contributed by atoms with van der Waals surface area (Å²) in [7, 11) is 1.82. The quantitative estimate of drug-likeness (QED) is 0.181. The molecule has 1 atom stereocenters. The molecule has 0 radical (unpaired) electrons. The molecule has 252 valence electrons. The van der Waals surface area contributed by atoms with E-state index in [1.807, 2.05) is 11.9 Å². The van der Waals surface area contributed by atoms with Crippen molar-refractivity contribution in [3.63, 3.8) is 0 Å². The molecule has 9 nitrogen and oxygen atoms in total. The average Bonchev–Trinajstić information content (AvgIpc) is 3.42. The van der Waals surface area contributed by atoms with Crippen molar-refractivity contribution in [1.29, 1.82) is 0 Å². The predicted octanol–water partition coefficient (Wildman–Crippen LogP) is 6.19. The SMILES string of the molecule is CN1CCC(N(OC(=O)C(F)(F)F)C(=O)c2ccc(-c3c(-c4cccc(OC(F)(F)F)c4)cc4n3C(CCCl)CNC4=O)cc2)CC1. The molecule has 1 aromatic heterocycles. The molecule has 1 fully saturated rings. The van der Waals surface area contributed by atoms with E-state index in [1.165, 1.54) is 42.5 Å². The maximum absolute atomic E-state index is 13.5. The Labute approximate surface area is 269 Å². The second-order valence-corrected chi connectivity index (χ2v) is 11.6. The van der Waals surface area contributed by atoms with Crippen molar-refractivity contribution in [1.82, 2.24) is 19.8 Å². The van der Waals surface area contributed by atoms with Crippen molar-refractivity contribution < 1.29 is 50.3 Å². The van der Waals surface area contributed by atoms with Crippen LogP contribution in [0.2, 0.25) is 0 Å². The number of hydroxylamine groups is 2. The summed E-state index contributed by atoms with van der Waals surface area (Å²) in [5.74, 6) is -4.14. The second kappa shape index (κ2) is 13.5. The summed E-state index contributed by atoms with van der Waals surface area (Å²) in [4.78, 5) is 44.8. The van der Waals surface area contributed by atoms with E-state index in [9.17, 15) is 40.7 Å². The van der Waals surface area contributed by atoms with Crippen LogP contribution >= 0.6 is 11.6 Å². The summed E-state index contributed by atoms with van der Waals surface area (Å²) in [6, 6.07) is 11.3. The van der Waals surface area contributed by atoms with Crippen LogP contribution in [0.3, 0.4) is 0 Å². The van der Waals surface area contributed by atoms with Crippen molar-refractivity contribution in [3.8, 4) is 28.1 Å². The number of fused-ring (bicyclic) bond motifs is 1. The first-order valence-corrected chi connectivity index (χ1v) is 15.1. The largest absolute Gasteiger partial charge is 0.573 e. The van der Waals surface area contributed by atoms with Gasteiger partial charge in [-0.2, -0.15) is 18.2 Å². The van der Waals surface area contributed by atoms with E-state index in [-0.39, 0.29) is 42.6 Å². The molecule has 0 aliphatic carbocycles. The fourth-order valence-electron chi connectivity index (χ4n) is 5.75. The smallest absolute Gasteiger partial charge is 0.406 e. The van der Waals surface area contributed by atoms with Gasteiger partial charge in [0.15, 0.2) is 0 Å². The van der Waals surface area contributed by atoms with E-state index in [2.05, 4.69) is 14.9 Å². The van der Waals surface area contributed by atoms with Crippen molar-refractivity contribution in [2.75, 3.05) is 32.6 Å². The number of ether oxygens (including phenoxy) is 1. The Morgan fingerprint density at radius 3 is 2.30 bits per heavy atom. The highest BCUT2D eigenvalue weighted by Gasteiger charge is 2.45. The molecule has 2 aromatic carbocycles. The Bertz CT molecular complexity index is 1630. The molecule has 0 spiro atoms. The molecule has 16 heteroatoms. The lowest BCUT2D eigenvalue weighted by Crippen LogP contribution is -2.49. The highest BCUT2D eigenvalue weighted by molar-refractivity contribution is 6.17. The molecule has 1 saturated heterocycles. The zero-order valence-electron chi connectivity index (χ0n) is 24.8. The minimum atomic E-state index is -5.33. The van der Waals surface area contributed by atoms with E-state index in [4.69, 9.17) is 11.6 Å². The Balaban J connectivity index is 1.56. The number of hydrogen-bond acceptors (Lipinski definition) is 6. The fourth-order valence-corrected chi connectivity index (χ4v) is 6.01. The van der Waals surface area contributed by atoms with Gasteiger partial charge >= 0.3 is 18.5 Å². The minimum Gasteiger partial charge on any atom is -0.406 e.